The molecule has 102 valence electrons. The summed E-state index contributed by atoms with van der Waals surface area (Å²) >= 11 is 5.96. The Kier molecular flexibility index (Phi) is 5.06. The Bertz CT molecular complexity index is 626. The van der Waals surface area contributed by atoms with E-state index in [0.29, 0.717) is 11.6 Å². The van der Waals surface area contributed by atoms with Crippen molar-refractivity contribution in [3.8, 4) is 17.6 Å². The molecule has 0 unspecified atom stereocenters. The third kappa shape index (κ3) is 4.03. The van der Waals surface area contributed by atoms with E-state index < -0.39 is 0 Å². The third-order valence-corrected chi connectivity index (χ3v) is 3.00. The van der Waals surface area contributed by atoms with Gasteiger partial charge in [0.15, 0.2) is 0 Å². The van der Waals surface area contributed by atoms with Crippen molar-refractivity contribution in [1.29, 1.82) is 0 Å². The minimum atomic E-state index is -0.134. The number of benzene rings is 2. The predicted octanol–water partition coefficient (Wildman–Crippen LogP) is 3.79. The lowest BCUT2D eigenvalue weighted by atomic mass is 10.1. The quantitative estimate of drug-likeness (QED) is 0.871. The molecule has 2 N–H and O–H groups in total. The standard InChI is InChI=1S/C17H16ClNO/c1-13(19)16-12-15(18)9-10-17(16)20-11-5-8-14-6-3-2-4-7-14/h2-4,6-7,9-10,12-13H,11,19H2,1H3/t13-/m1/s1. The van der Waals surface area contributed by atoms with Crippen molar-refractivity contribution in [2.75, 3.05) is 6.61 Å². The van der Waals surface area contributed by atoms with E-state index >= 15 is 0 Å². The van der Waals surface area contributed by atoms with Gasteiger partial charge in [-0.2, -0.15) is 0 Å². The topological polar surface area (TPSA) is 35.2 Å². The molecule has 0 spiro atoms. The second-order valence-electron chi connectivity index (χ2n) is 4.43. The van der Waals surface area contributed by atoms with Gasteiger partial charge in [0, 0.05) is 22.2 Å². The Morgan fingerprint density at radius 2 is 1.95 bits per heavy atom. The molecule has 0 saturated heterocycles. The zero-order chi connectivity index (χ0) is 14.4. The van der Waals surface area contributed by atoms with Gasteiger partial charge in [-0.05, 0) is 37.3 Å². The molecule has 20 heavy (non-hydrogen) atoms. The van der Waals surface area contributed by atoms with Gasteiger partial charge in [0.05, 0.1) is 0 Å². The van der Waals surface area contributed by atoms with Crippen molar-refractivity contribution in [2.24, 2.45) is 5.73 Å². The van der Waals surface area contributed by atoms with E-state index in [1.54, 1.807) is 6.07 Å². The highest BCUT2D eigenvalue weighted by molar-refractivity contribution is 6.30. The third-order valence-electron chi connectivity index (χ3n) is 2.77. The lowest BCUT2D eigenvalue weighted by Crippen LogP contribution is -2.08. The van der Waals surface area contributed by atoms with E-state index in [1.807, 2.05) is 49.4 Å². The van der Waals surface area contributed by atoms with Crippen molar-refractivity contribution in [1.82, 2.24) is 0 Å². The van der Waals surface area contributed by atoms with Gasteiger partial charge in [0.1, 0.15) is 12.4 Å². The normalized spacial score (nSPS) is 11.3. The van der Waals surface area contributed by atoms with Crippen LogP contribution >= 0.6 is 11.6 Å². The fraction of sp³-hybridized carbons (Fsp3) is 0.176. The molecule has 0 aliphatic rings. The highest BCUT2D eigenvalue weighted by atomic mass is 35.5. The minimum Gasteiger partial charge on any atom is -0.481 e. The molecule has 2 aromatic rings. The first-order chi connectivity index (χ1) is 9.66. The summed E-state index contributed by atoms with van der Waals surface area (Å²) in [6.45, 7) is 2.21. The Balaban J connectivity index is 2.03. The molecule has 0 amide bonds. The number of halogens is 1. The van der Waals surface area contributed by atoms with Crippen LogP contribution in [0.25, 0.3) is 0 Å². The molecule has 2 aromatic carbocycles. The summed E-state index contributed by atoms with van der Waals surface area (Å²) in [6.07, 6.45) is 0. The summed E-state index contributed by atoms with van der Waals surface area (Å²) in [4.78, 5) is 0. The summed E-state index contributed by atoms with van der Waals surface area (Å²) < 4.78 is 5.66. The molecule has 0 radical (unpaired) electrons. The van der Waals surface area contributed by atoms with E-state index in [0.717, 1.165) is 16.9 Å². The van der Waals surface area contributed by atoms with Crippen LogP contribution in [0.4, 0.5) is 0 Å². The maximum Gasteiger partial charge on any atom is 0.149 e. The SMILES string of the molecule is C[C@@H](N)c1cc(Cl)ccc1OCC#Cc1ccccc1. The molecular formula is C17H16ClNO. The fourth-order valence-electron chi connectivity index (χ4n) is 1.78. The number of ether oxygens (including phenoxy) is 1. The molecule has 3 heteroatoms. The summed E-state index contributed by atoms with van der Waals surface area (Å²) in [5.74, 6) is 6.76. The molecule has 0 aromatic heterocycles. The summed E-state index contributed by atoms with van der Waals surface area (Å²) in [6, 6.07) is 15.1. The van der Waals surface area contributed by atoms with Crippen LogP contribution in [0.3, 0.4) is 0 Å². The first kappa shape index (κ1) is 14.5. The second-order valence-corrected chi connectivity index (χ2v) is 4.86. The van der Waals surface area contributed by atoms with Gasteiger partial charge in [-0.3, -0.25) is 0 Å². The second kappa shape index (κ2) is 7.00. The van der Waals surface area contributed by atoms with Crippen molar-refractivity contribution < 1.29 is 4.74 Å². The highest BCUT2D eigenvalue weighted by Crippen LogP contribution is 2.27. The average Bonchev–Trinajstić information content (AvgIpc) is 2.45. The van der Waals surface area contributed by atoms with Crippen LogP contribution in [-0.4, -0.2) is 6.61 Å². The number of hydrogen-bond acceptors (Lipinski definition) is 2. The van der Waals surface area contributed by atoms with Crippen molar-refractivity contribution in [3.63, 3.8) is 0 Å². The summed E-state index contributed by atoms with van der Waals surface area (Å²) in [7, 11) is 0. The first-order valence-electron chi connectivity index (χ1n) is 6.38. The maximum absolute atomic E-state index is 5.96. The Hall–Kier alpha value is -1.95. The maximum atomic E-state index is 5.96. The molecule has 0 bridgehead atoms. The van der Waals surface area contributed by atoms with Gasteiger partial charge >= 0.3 is 0 Å². The molecule has 0 heterocycles. The van der Waals surface area contributed by atoms with Crippen LogP contribution in [-0.2, 0) is 0 Å². The Morgan fingerprint density at radius 1 is 1.20 bits per heavy atom. The molecule has 0 saturated carbocycles. The highest BCUT2D eigenvalue weighted by Gasteiger charge is 2.08. The number of rotatable bonds is 3. The summed E-state index contributed by atoms with van der Waals surface area (Å²) in [5.41, 5.74) is 7.76. The molecule has 1 atom stereocenters. The number of hydrogen-bond donors (Lipinski definition) is 1. The van der Waals surface area contributed by atoms with Crippen LogP contribution in [0.1, 0.15) is 24.1 Å². The van der Waals surface area contributed by atoms with Crippen molar-refractivity contribution in [2.45, 2.75) is 13.0 Å². The molecule has 0 aliphatic heterocycles. The van der Waals surface area contributed by atoms with Gasteiger partial charge in [0.2, 0.25) is 0 Å². The average molecular weight is 286 g/mol. The van der Waals surface area contributed by atoms with Gasteiger partial charge in [-0.25, -0.2) is 0 Å². The van der Waals surface area contributed by atoms with Crippen LogP contribution in [0.5, 0.6) is 5.75 Å². The molecular weight excluding hydrogens is 270 g/mol. The van der Waals surface area contributed by atoms with Crippen molar-refractivity contribution in [3.05, 3.63) is 64.7 Å². The number of nitrogens with two attached hydrogens (primary N) is 1. The lowest BCUT2D eigenvalue weighted by Gasteiger charge is -2.12. The van der Waals surface area contributed by atoms with E-state index in [1.165, 1.54) is 0 Å². The van der Waals surface area contributed by atoms with Crippen LogP contribution in [0.2, 0.25) is 5.02 Å². The zero-order valence-electron chi connectivity index (χ0n) is 11.3. The fourth-order valence-corrected chi connectivity index (χ4v) is 1.96. The van der Waals surface area contributed by atoms with Crippen LogP contribution < -0.4 is 10.5 Å². The van der Waals surface area contributed by atoms with Gasteiger partial charge in [0.25, 0.3) is 0 Å². The summed E-state index contributed by atoms with van der Waals surface area (Å²) in [5, 5.41) is 0.653. The van der Waals surface area contributed by atoms with E-state index in [2.05, 4.69) is 11.8 Å². The Morgan fingerprint density at radius 3 is 2.65 bits per heavy atom. The lowest BCUT2D eigenvalue weighted by molar-refractivity contribution is 0.364. The van der Waals surface area contributed by atoms with E-state index in [4.69, 9.17) is 22.1 Å². The van der Waals surface area contributed by atoms with Gasteiger partial charge in [-0.1, -0.05) is 41.6 Å². The van der Waals surface area contributed by atoms with Crippen molar-refractivity contribution >= 4 is 11.6 Å². The minimum absolute atomic E-state index is 0.134. The molecule has 2 nitrogen and oxygen atoms in total. The van der Waals surface area contributed by atoms with E-state index in [-0.39, 0.29) is 6.04 Å². The molecule has 0 fully saturated rings. The van der Waals surface area contributed by atoms with Crippen LogP contribution in [0.15, 0.2) is 48.5 Å². The van der Waals surface area contributed by atoms with E-state index in [9.17, 15) is 0 Å². The predicted molar refractivity (Wildman–Crippen MR) is 82.9 cm³/mol. The molecule has 2 rings (SSSR count). The van der Waals surface area contributed by atoms with Gasteiger partial charge < -0.3 is 10.5 Å². The Labute approximate surface area is 124 Å². The van der Waals surface area contributed by atoms with Gasteiger partial charge in [-0.15, -0.1) is 0 Å². The first-order valence-corrected chi connectivity index (χ1v) is 6.76. The monoisotopic (exact) mass is 285 g/mol. The smallest absolute Gasteiger partial charge is 0.149 e. The zero-order valence-corrected chi connectivity index (χ0v) is 12.0. The molecule has 0 aliphatic carbocycles. The van der Waals surface area contributed by atoms with Crippen LogP contribution in [0, 0.1) is 11.8 Å². The largest absolute Gasteiger partial charge is 0.481 e.